The molecule has 0 radical (unpaired) electrons. The molecule has 0 unspecified atom stereocenters. The summed E-state index contributed by atoms with van der Waals surface area (Å²) in [5.74, 6) is 0. The fourth-order valence-corrected chi connectivity index (χ4v) is 1.80. The van der Waals surface area contributed by atoms with Gasteiger partial charge in [-0.25, -0.2) is 0 Å². The average Bonchev–Trinajstić information content (AvgIpc) is 2.32. The molecule has 18 heavy (non-hydrogen) atoms. The van der Waals surface area contributed by atoms with Crippen molar-refractivity contribution < 1.29 is 13.2 Å². The molecule has 0 atom stereocenters. The minimum atomic E-state index is -4.53. The molecule has 1 aromatic rings. The van der Waals surface area contributed by atoms with E-state index >= 15 is 0 Å². The zero-order chi connectivity index (χ0) is 13.3. The number of hydrogen-bond donors (Lipinski definition) is 1. The van der Waals surface area contributed by atoms with Crippen LogP contribution < -0.4 is 10.3 Å². The highest BCUT2D eigenvalue weighted by Crippen LogP contribution is 2.32. The Kier molecular flexibility index (Phi) is 3.21. The second-order valence-electron chi connectivity index (χ2n) is 3.61. The van der Waals surface area contributed by atoms with E-state index in [1.165, 1.54) is 24.5 Å². The van der Waals surface area contributed by atoms with Gasteiger partial charge in [-0.3, -0.25) is 4.79 Å². The highest BCUT2D eigenvalue weighted by Gasteiger charge is 2.39. The van der Waals surface area contributed by atoms with Crippen molar-refractivity contribution in [1.29, 1.82) is 0 Å². The van der Waals surface area contributed by atoms with Crippen LogP contribution in [0, 0.1) is 0 Å². The van der Waals surface area contributed by atoms with E-state index in [0.717, 1.165) is 11.0 Å². The maximum Gasteiger partial charge on any atom is 0.431 e. The van der Waals surface area contributed by atoms with Crippen molar-refractivity contribution in [3.8, 4) is 0 Å². The Bertz CT molecular complexity index is 574. The minimum Gasteiger partial charge on any atom is -0.364 e. The number of hydrogen-bond acceptors (Lipinski definition) is 2. The van der Waals surface area contributed by atoms with Crippen molar-refractivity contribution in [2.45, 2.75) is 6.18 Å². The standard InChI is InChI=1S/C11H8ClF3N2O/c12-7-5-16-6-8(10(7)18)17-4-2-1-3-9(17)11(13,14)15/h1-3,5-6H,4H2,(H,16,18). The van der Waals surface area contributed by atoms with Gasteiger partial charge in [-0.2, -0.15) is 13.2 Å². The molecule has 96 valence electrons. The van der Waals surface area contributed by atoms with E-state index in [2.05, 4.69) is 4.98 Å². The summed E-state index contributed by atoms with van der Waals surface area (Å²) in [5, 5.41) is -0.149. The topological polar surface area (TPSA) is 36.1 Å². The molecule has 1 N–H and O–H groups in total. The molecule has 0 fully saturated rings. The molecule has 0 aliphatic carbocycles. The Morgan fingerprint density at radius 2 is 2.06 bits per heavy atom. The molecule has 3 nitrogen and oxygen atoms in total. The molecule has 0 amide bonds. The third-order valence-corrected chi connectivity index (χ3v) is 2.71. The van der Waals surface area contributed by atoms with E-state index in [1.807, 2.05) is 0 Å². The Hall–Kier alpha value is -1.69. The molecule has 0 bridgehead atoms. The van der Waals surface area contributed by atoms with Gasteiger partial charge in [0.1, 0.15) is 16.4 Å². The summed E-state index contributed by atoms with van der Waals surface area (Å²) in [7, 11) is 0. The Morgan fingerprint density at radius 3 is 2.72 bits per heavy atom. The smallest absolute Gasteiger partial charge is 0.364 e. The lowest BCUT2D eigenvalue weighted by atomic mass is 10.2. The van der Waals surface area contributed by atoms with Crippen LogP contribution in [-0.4, -0.2) is 17.7 Å². The lowest BCUT2D eigenvalue weighted by Gasteiger charge is -2.28. The summed E-state index contributed by atoms with van der Waals surface area (Å²) in [6.45, 7) is -0.0330. The predicted molar refractivity (Wildman–Crippen MR) is 62.7 cm³/mol. The van der Waals surface area contributed by atoms with E-state index in [1.54, 1.807) is 0 Å². The number of allylic oxidation sites excluding steroid dienone is 3. The van der Waals surface area contributed by atoms with Crippen LogP contribution in [0.5, 0.6) is 0 Å². The summed E-state index contributed by atoms with van der Waals surface area (Å²) in [6, 6.07) is 0. The van der Waals surface area contributed by atoms with Gasteiger partial charge >= 0.3 is 6.18 Å². The molecule has 7 heteroatoms. The lowest BCUT2D eigenvalue weighted by molar-refractivity contribution is -0.0933. The van der Waals surface area contributed by atoms with Gasteiger partial charge in [0.2, 0.25) is 5.43 Å². The number of aromatic amines is 1. The molecule has 0 saturated heterocycles. The normalized spacial score (nSPS) is 15.8. The summed E-state index contributed by atoms with van der Waals surface area (Å²) < 4.78 is 38.5. The molecule has 0 saturated carbocycles. The van der Waals surface area contributed by atoms with Crippen molar-refractivity contribution in [1.82, 2.24) is 4.98 Å². The molecule has 0 spiro atoms. The number of aromatic nitrogens is 1. The third-order valence-electron chi connectivity index (χ3n) is 2.43. The number of alkyl halides is 3. The molecule has 1 aliphatic rings. The van der Waals surface area contributed by atoms with Crippen molar-refractivity contribution in [3.05, 3.63) is 51.6 Å². The van der Waals surface area contributed by atoms with Crippen LogP contribution in [0.3, 0.4) is 0 Å². The summed E-state index contributed by atoms with van der Waals surface area (Å²) >= 11 is 5.61. The maximum atomic E-state index is 12.8. The molecular formula is C11H8ClF3N2O. The Morgan fingerprint density at radius 1 is 1.33 bits per heavy atom. The zero-order valence-corrected chi connectivity index (χ0v) is 9.72. The number of H-pyrrole nitrogens is 1. The van der Waals surface area contributed by atoms with E-state index in [0.29, 0.717) is 0 Å². The van der Waals surface area contributed by atoms with Gasteiger partial charge in [-0.15, -0.1) is 0 Å². The fourth-order valence-electron chi connectivity index (χ4n) is 1.64. The van der Waals surface area contributed by atoms with Gasteiger partial charge in [0.15, 0.2) is 0 Å². The van der Waals surface area contributed by atoms with Gasteiger partial charge in [0, 0.05) is 18.9 Å². The van der Waals surface area contributed by atoms with Gasteiger partial charge < -0.3 is 9.88 Å². The van der Waals surface area contributed by atoms with Gasteiger partial charge in [-0.05, 0) is 6.08 Å². The number of pyridine rings is 1. The first-order valence-corrected chi connectivity index (χ1v) is 5.37. The molecule has 2 rings (SSSR count). The van der Waals surface area contributed by atoms with Crippen LogP contribution >= 0.6 is 11.6 Å². The third kappa shape index (κ3) is 2.28. The first-order valence-electron chi connectivity index (χ1n) is 4.99. The first-order chi connectivity index (χ1) is 8.41. The van der Waals surface area contributed by atoms with Crippen molar-refractivity contribution >= 4 is 17.3 Å². The lowest BCUT2D eigenvalue weighted by Crippen LogP contribution is -2.36. The quantitative estimate of drug-likeness (QED) is 0.856. The SMILES string of the molecule is O=c1c(Cl)c[nH]cc1N1CC=CC=C1C(F)(F)F. The van der Waals surface area contributed by atoms with Crippen LogP contribution in [0.1, 0.15) is 0 Å². The van der Waals surface area contributed by atoms with E-state index < -0.39 is 17.3 Å². The Balaban J connectivity index is 2.51. The minimum absolute atomic E-state index is 0.0330. The van der Waals surface area contributed by atoms with E-state index in [4.69, 9.17) is 11.6 Å². The van der Waals surface area contributed by atoms with Crippen molar-refractivity contribution in [2.75, 3.05) is 11.4 Å². The van der Waals surface area contributed by atoms with Crippen LogP contribution in [0.25, 0.3) is 0 Å². The van der Waals surface area contributed by atoms with Crippen LogP contribution in [-0.2, 0) is 0 Å². The number of rotatable bonds is 1. The molecular weight excluding hydrogens is 269 g/mol. The van der Waals surface area contributed by atoms with Crippen LogP contribution in [0.4, 0.5) is 18.9 Å². The predicted octanol–water partition coefficient (Wildman–Crippen LogP) is 2.85. The number of nitrogens with one attached hydrogen (secondary N) is 1. The molecule has 1 aromatic heterocycles. The number of nitrogens with zero attached hydrogens (tertiary/aromatic N) is 1. The van der Waals surface area contributed by atoms with E-state index in [9.17, 15) is 18.0 Å². The highest BCUT2D eigenvalue weighted by atomic mass is 35.5. The van der Waals surface area contributed by atoms with Crippen LogP contribution in [0.2, 0.25) is 5.02 Å². The molecule has 2 heterocycles. The van der Waals surface area contributed by atoms with Gasteiger partial charge in [0.25, 0.3) is 0 Å². The molecule has 1 aliphatic heterocycles. The average molecular weight is 277 g/mol. The molecule has 0 aromatic carbocycles. The summed E-state index contributed by atoms with van der Waals surface area (Å²) in [6.07, 6.45) is 1.65. The summed E-state index contributed by atoms with van der Waals surface area (Å²) in [4.78, 5) is 15.2. The zero-order valence-electron chi connectivity index (χ0n) is 8.96. The largest absolute Gasteiger partial charge is 0.431 e. The maximum absolute atomic E-state index is 12.8. The summed E-state index contributed by atoms with van der Waals surface area (Å²) in [5.41, 5.74) is -1.66. The Labute approximate surface area is 105 Å². The second-order valence-corrected chi connectivity index (χ2v) is 4.01. The first kappa shape index (κ1) is 12.8. The van der Waals surface area contributed by atoms with Crippen LogP contribution in [0.15, 0.2) is 41.1 Å². The van der Waals surface area contributed by atoms with Gasteiger partial charge in [0.05, 0.1) is 0 Å². The monoisotopic (exact) mass is 276 g/mol. The highest BCUT2D eigenvalue weighted by molar-refractivity contribution is 6.30. The number of anilines is 1. The number of halogens is 4. The second kappa shape index (κ2) is 4.53. The van der Waals surface area contributed by atoms with Crippen molar-refractivity contribution in [2.24, 2.45) is 0 Å². The van der Waals surface area contributed by atoms with Crippen molar-refractivity contribution in [3.63, 3.8) is 0 Å². The van der Waals surface area contributed by atoms with E-state index in [-0.39, 0.29) is 17.3 Å². The van der Waals surface area contributed by atoms with Gasteiger partial charge in [-0.1, -0.05) is 23.8 Å². The fraction of sp³-hybridized carbons (Fsp3) is 0.182.